The van der Waals surface area contributed by atoms with Gasteiger partial charge in [0.05, 0.1) is 3.58 Å². The Morgan fingerprint density at radius 2 is 2.00 bits per heavy atom. The van der Waals surface area contributed by atoms with Crippen LogP contribution >= 0.6 is 22.6 Å². The number of hydrogen-bond donors (Lipinski definition) is 0. The highest BCUT2D eigenvalue weighted by molar-refractivity contribution is 14.1. The number of ketones is 1. The van der Waals surface area contributed by atoms with Crippen molar-refractivity contribution < 1.29 is 4.79 Å². The molecule has 0 unspecified atom stereocenters. The summed E-state index contributed by atoms with van der Waals surface area (Å²) in [5.74, 6) is 0.630. The minimum Gasteiger partial charge on any atom is -0.294 e. The van der Waals surface area contributed by atoms with Gasteiger partial charge in [-0.1, -0.05) is 19.9 Å². The summed E-state index contributed by atoms with van der Waals surface area (Å²) in [6.45, 7) is 5.70. The fourth-order valence-electron chi connectivity index (χ4n) is 0.410. The zero-order valence-electron chi connectivity index (χ0n) is 5.94. The first-order valence-corrected chi connectivity index (χ1v) is 4.00. The maximum absolute atomic E-state index is 10.6. The Hall–Kier alpha value is 0.140. The molecule has 0 saturated heterocycles. The molecule has 0 saturated carbocycles. The number of carbonyl (C=O) groups is 1. The van der Waals surface area contributed by atoms with E-state index < -0.39 is 0 Å². The smallest absolute Gasteiger partial charge is 0.165 e. The van der Waals surface area contributed by atoms with E-state index in [1.807, 2.05) is 6.08 Å². The number of rotatable bonds is 2. The van der Waals surface area contributed by atoms with E-state index in [4.69, 9.17) is 0 Å². The van der Waals surface area contributed by atoms with Crippen LogP contribution in [0.3, 0.4) is 0 Å². The van der Waals surface area contributed by atoms with E-state index in [0.717, 1.165) is 3.58 Å². The molecule has 0 rings (SSSR count). The molecule has 0 bridgehead atoms. The first kappa shape index (κ1) is 9.14. The van der Waals surface area contributed by atoms with Crippen molar-refractivity contribution in [2.45, 2.75) is 20.8 Å². The summed E-state index contributed by atoms with van der Waals surface area (Å²) in [5, 5.41) is 0. The predicted octanol–water partition coefficient (Wildman–Crippen LogP) is 2.55. The summed E-state index contributed by atoms with van der Waals surface area (Å²) < 4.78 is 0.836. The second-order valence-corrected chi connectivity index (χ2v) is 3.48. The average Bonchev–Trinajstić information content (AvgIpc) is 1.63. The molecule has 1 nitrogen and oxygen atoms in total. The van der Waals surface area contributed by atoms with E-state index in [0.29, 0.717) is 5.92 Å². The molecule has 0 spiro atoms. The quantitative estimate of drug-likeness (QED) is 0.533. The van der Waals surface area contributed by atoms with Crippen LogP contribution in [0.1, 0.15) is 20.8 Å². The molecule has 0 radical (unpaired) electrons. The van der Waals surface area contributed by atoms with Crippen LogP contribution in [0.15, 0.2) is 9.66 Å². The van der Waals surface area contributed by atoms with E-state index >= 15 is 0 Å². The van der Waals surface area contributed by atoms with Gasteiger partial charge < -0.3 is 0 Å². The van der Waals surface area contributed by atoms with Crippen molar-refractivity contribution in [3.63, 3.8) is 0 Å². The first-order valence-electron chi connectivity index (χ1n) is 2.92. The molecular formula is C7H11IO. The number of Topliss-reactive ketones (excluding diaryl/α,β-unsaturated/α-hetero) is 1. The summed E-state index contributed by atoms with van der Waals surface area (Å²) in [7, 11) is 0. The largest absolute Gasteiger partial charge is 0.294 e. The SMILES string of the molecule is CC(=O)/C(I)=C\C(C)C. The number of hydrogen-bond acceptors (Lipinski definition) is 1. The Morgan fingerprint density at radius 1 is 1.56 bits per heavy atom. The fourth-order valence-corrected chi connectivity index (χ4v) is 1.13. The second-order valence-electron chi connectivity index (χ2n) is 2.31. The lowest BCUT2D eigenvalue weighted by Gasteiger charge is -1.94. The molecule has 0 aliphatic carbocycles. The van der Waals surface area contributed by atoms with Gasteiger partial charge >= 0.3 is 0 Å². The van der Waals surface area contributed by atoms with E-state index in [1.54, 1.807) is 6.92 Å². The molecule has 0 aliphatic heterocycles. The highest BCUT2D eigenvalue weighted by Gasteiger charge is 1.97. The highest BCUT2D eigenvalue weighted by Crippen LogP contribution is 2.10. The van der Waals surface area contributed by atoms with Crippen LogP contribution in [-0.2, 0) is 4.79 Å². The molecule has 0 fully saturated rings. The molecule has 9 heavy (non-hydrogen) atoms. The number of halogens is 1. The highest BCUT2D eigenvalue weighted by atomic mass is 127. The molecule has 0 amide bonds. The van der Waals surface area contributed by atoms with E-state index in [-0.39, 0.29) is 5.78 Å². The molecule has 0 N–H and O–H groups in total. The van der Waals surface area contributed by atoms with Crippen molar-refractivity contribution in [1.29, 1.82) is 0 Å². The predicted molar refractivity (Wildman–Crippen MR) is 47.6 cm³/mol. The van der Waals surface area contributed by atoms with Crippen molar-refractivity contribution >= 4 is 28.4 Å². The van der Waals surface area contributed by atoms with Gasteiger partial charge in [-0.2, -0.15) is 0 Å². The molecule has 2 heteroatoms. The summed E-state index contributed by atoms with van der Waals surface area (Å²) in [5.41, 5.74) is 0. The van der Waals surface area contributed by atoms with Gasteiger partial charge in [-0.3, -0.25) is 4.79 Å². The molecular weight excluding hydrogens is 227 g/mol. The van der Waals surface area contributed by atoms with Crippen molar-refractivity contribution in [3.8, 4) is 0 Å². The van der Waals surface area contributed by atoms with Gasteiger partial charge in [0.25, 0.3) is 0 Å². The molecule has 0 aromatic heterocycles. The van der Waals surface area contributed by atoms with Crippen LogP contribution in [0.5, 0.6) is 0 Å². The van der Waals surface area contributed by atoms with Crippen LogP contribution in [-0.4, -0.2) is 5.78 Å². The van der Waals surface area contributed by atoms with Gasteiger partial charge in [0.2, 0.25) is 0 Å². The fraction of sp³-hybridized carbons (Fsp3) is 0.571. The van der Waals surface area contributed by atoms with Crippen molar-refractivity contribution in [2.75, 3.05) is 0 Å². The zero-order valence-corrected chi connectivity index (χ0v) is 8.10. The van der Waals surface area contributed by atoms with Crippen molar-refractivity contribution in [2.24, 2.45) is 5.92 Å². The van der Waals surface area contributed by atoms with E-state index in [1.165, 1.54) is 0 Å². The van der Waals surface area contributed by atoms with Crippen LogP contribution in [0, 0.1) is 5.92 Å². The number of carbonyl (C=O) groups excluding carboxylic acids is 1. The lowest BCUT2D eigenvalue weighted by molar-refractivity contribution is -0.112. The third kappa shape index (κ3) is 4.63. The Morgan fingerprint density at radius 3 is 2.11 bits per heavy atom. The zero-order chi connectivity index (χ0) is 7.44. The van der Waals surface area contributed by atoms with E-state index in [9.17, 15) is 4.79 Å². The lowest BCUT2D eigenvalue weighted by atomic mass is 10.2. The monoisotopic (exact) mass is 238 g/mol. The second kappa shape index (κ2) is 4.04. The lowest BCUT2D eigenvalue weighted by Crippen LogP contribution is -1.90. The van der Waals surface area contributed by atoms with Gasteiger partial charge in [-0.15, -0.1) is 0 Å². The van der Waals surface area contributed by atoms with Crippen molar-refractivity contribution in [1.82, 2.24) is 0 Å². The Balaban J connectivity index is 4.00. The Kier molecular flexibility index (Phi) is 4.10. The number of allylic oxidation sites excluding steroid dienone is 2. The third-order valence-corrected chi connectivity index (χ3v) is 1.94. The minimum atomic E-state index is 0.157. The topological polar surface area (TPSA) is 17.1 Å². The summed E-state index contributed by atoms with van der Waals surface area (Å²) in [6.07, 6.45) is 1.96. The molecule has 52 valence electrons. The van der Waals surface area contributed by atoms with Gasteiger partial charge in [0.15, 0.2) is 5.78 Å². The van der Waals surface area contributed by atoms with Gasteiger partial charge in [-0.25, -0.2) is 0 Å². The van der Waals surface area contributed by atoms with E-state index in [2.05, 4.69) is 36.4 Å². The van der Waals surface area contributed by atoms with Crippen LogP contribution in [0.4, 0.5) is 0 Å². The summed E-state index contributed by atoms with van der Waals surface area (Å²) >= 11 is 2.06. The Labute approximate surface area is 69.7 Å². The molecule has 0 aromatic carbocycles. The molecule has 0 atom stereocenters. The van der Waals surface area contributed by atoms with Gasteiger partial charge in [0.1, 0.15) is 0 Å². The first-order chi connectivity index (χ1) is 4.04. The molecule has 0 aromatic rings. The Bertz CT molecular complexity index is 136. The maximum Gasteiger partial charge on any atom is 0.165 e. The standard InChI is InChI=1S/C7H11IO/c1-5(2)4-7(8)6(3)9/h4-5H,1-3H3/b7-4+. The molecule has 0 heterocycles. The van der Waals surface area contributed by atoms with Crippen LogP contribution < -0.4 is 0 Å². The normalized spacial score (nSPS) is 12.3. The van der Waals surface area contributed by atoms with Gasteiger partial charge in [-0.05, 0) is 35.4 Å². The van der Waals surface area contributed by atoms with Gasteiger partial charge in [0, 0.05) is 0 Å². The average molecular weight is 238 g/mol. The maximum atomic E-state index is 10.6. The van der Waals surface area contributed by atoms with Crippen LogP contribution in [0.2, 0.25) is 0 Å². The summed E-state index contributed by atoms with van der Waals surface area (Å²) in [4.78, 5) is 10.6. The van der Waals surface area contributed by atoms with Crippen LogP contribution in [0.25, 0.3) is 0 Å². The molecule has 0 aliphatic rings. The summed E-state index contributed by atoms with van der Waals surface area (Å²) in [6, 6.07) is 0. The minimum absolute atomic E-state index is 0.157. The third-order valence-electron chi connectivity index (χ3n) is 0.816. The van der Waals surface area contributed by atoms with Crippen molar-refractivity contribution in [3.05, 3.63) is 9.66 Å².